The fraction of sp³-hybridized carbons (Fsp3) is 0.632. The van der Waals surface area contributed by atoms with E-state index in [0.29, 0.717) is 44.0 Å². The number of likely N-dealkylation sites (tertiary alicyclic amines) is 1. The van der Waals surface area contributed by atoms with Gasteiger partial charge in [0.05, 0.1) is 26.2 Å². The van der Waals surface area contributed by atoms with Crippen LogP contribution in [0, 0.1) is 5.92 Å². The summed E-state index contributed by atoms with van der Waals surface area (Å²) >= 11 is 0. The number of methoxy groups -OCH3 is 3. The molecule has 0 radical (unpaired) electrons. The first-order chi connectivity index (χ1) is 11.9. The molecule has 2 rings (SSSR count). The van der Waals surface area contributed by atoms with Gasteiger partial charge in [-0.3, -0.25) is 4.79 Å². The summed E-state index contributed by atoms with van der Waals surface area (Å²) < 4.78 is 15.6. The second kappa shape index (κ2) is 8.54. The molecule has 140 valence electrons. The third-order valence-electron chi connectivity index (χ3n) is 5.15. The lowest BCUT2D eigenvalue weighted by Gasteiger charge is -2.43. The first-order valence-corrected chi connectivity index (χ1v) is 8.63. The van der Waals surface area contributed by atoms with Gasteiger partial charge in [-0.15, -0.1) is 0 Å². The van der Waals surface area contributed by atoms with Gasteiger partial charge in [0.25, 0.3) is 0 Å². The van der Waals surface area contributed by atoms with Gasteiger partial charge in [-0.05, 0) is 18.9 Å². The van der Waals surface area contributed by atoms with E-state index < -0.39 is 5.60 Å². The van der Waals surface area contributed by atoms with Crippen molar-refractivity contribution in [3.63, 3.8) is 0 Å². The van der Waals surface area contributed by atoms with Crippen molar-refractivity contribution in [1.82, 2.24) is 4.90 Å². The quantitative estimate of drug-likeness (QED) is 0.812. The third-order valence-corrected chi connectivity index (χ3v) is 5.15. The Hall–Kier alpha value is -1.79. The topological polar surface area (TPSA) is 68.2 Å². The van der Waals surface area contributed by atoms with Gasteiger partial charge in [0.2, 0.25) is 5.91 Å². The molecule has 0 aromatic heterocycles. The van der Waals surface area contributed by atoms with Crippen molar-refractivity contribution in [3.8, 4) is 11.5 Å². The number of hydrogen-bond donors (Lipinski definition) is 1. The molecule has 1 aromatic carbocycles. The Kier molecular flexibility index (Phi) is 6.67. The van der Waals surface area contributed by atoms with Crippen LogP contribution in [-0.2, 0) is 16.0 Å². The van der Waals surface area contributed by atoms with Crippen molar-refractivity contribution in [2.45, 2.75) is 31.8 Å². The lowest BCUT2D eigenvalue weighted by molar-refractivity contribution is -0.139. The molecule has 1 heterocycles. The van der Waals surface area contributed by atoms with E-state index in [1.54, 1.807) is 27.4 Å². The molecule has 0 aliphatic carbocycles. The average molecular weight is 351 g/mol. The smallest absolute Gasteiger partial charge is 0.227 e. The van der Waals surface area contributed by atoms with Crippen LogP contribution in [0.2, 0.25) is 0 Å². The van der Waals surface area contributed by atoms with Crippen LogP contribution < -0.4 is 9.47 Å². The summed E-state index contributed by atoms with van der Waals surface area (Å²) in [5, 5.41) is 10.7. The average Bonchev–Trinajstić information content (AvgIpc) is 2.62. The van der Waals surface area contributed by atoms with Crippen molar-refractivity contribution >= 4 is 5.91 Å². The second-order valence-corrected chi connectivity index (χ2v) is 6.69. The normalized spacial score (nSPS) is 23.4. The number of carbonyl (C=O) groups is 1. The lowest BCUT2D eigenvalue weighted by Crippen LogP contribution is -2.53. The van der Waals surface area contributed by atoms with Gasteiger partial charge in [0.1, 0.15) is 11.5 Å². The molecule has 2 unspecified atom stereocenters. The SMILES string of the molecule is COCCC1(O)CCN(C(=O)Cc2ccc(OC)cc2OC)CC1C. The van der Waals surface area contributed by atoms with Gasteiger partial charge in [0.15, 0.2) is 0 Å². The van der Waals surface area contributed by atoms with Gasteiger partial charge in [0, 0.05) is 44.4 Å². The highest BCUT2D eigenvalue weighted by atomic mass is 16.5. The van der Waals surface area contributed by atoms with E-state index in [0.717, 1.165) is 5.56 Å². The molecular weight excluding hydrogens is 322 g/mol. The molecule has 1 fully saturated rings. The zero-order valence-electron chi connectivity index (χ0n) is 15.6. The number of piperidine rings is 1. The van der Waals surface area contributed by atoms with Gasteiger partial charge in [-0.1, -0.05) is 13.0 Å². The minimum atomic E-state index is -0.759. The molecule has 1 aromatic rings. The van der Waals surface area contributed by atoms with Crippen LogP contribution in [0.4, 0.5) is 0 Å². The van der Waals surface area contributed by atoms with Crippen LogP contribution in [0.25, 0.3) is 0 Å². The molecule has 6 nitrogen and oxygen atoms in total. The fourth-order valence-corrected chi connectivity index (χ4v) is 3.32. The summed E-state index contributed by atoms with van der Waals surface area (Å²) in [4.78, 5) is 14.5. The molecular formula is C19H29NO5. The van der Waals surface area contributed by atoms with Crippen LogP contribution in [0.1, 0.15) is 25.3 Å². The van der Waals surface area contributed by atoms with E-state index in [4.69, 9.17) is 14.2 Å². The summed E-state index contributed by atoms with van der Waals surface area (Å²) in [5.74, 6) is 1.40. The van der Waals surface area contributed by atoms with E-state index in [1.807, 2.05) is 24.0 Å². The summed E-state index contributed by atoms with van der Waals surface area (Å²) in [5.41, 5.74) is 0.0751. The Morgan fingerprint density at radius 3 is 2.68 bits per heavy atom. The maximum atomic E-state index is 12.7. The van der Waals surface area contributed by atoms with E-state index >= 15 is 0 Å². The summed E-state index contributed by atoms with van der Waals surface area (Å²) in [6, 6.07) is 5.47. The summed E-state index contributed by atoms with van der Waals surface area (Å²) in [6.07, 6.45) is 1.44. The molecule has 1 amide bonds. The Balaban J connectivity index is 2.01. The molecule has 6 heteroatoms. The minimum absolute atomic E-state index is 0.0121. The molecule has 2 atom stereocenters. The predicted molar refractivity (Wildman–Crippen MR) is 95.1 cm³/mol. The standard InChI is InChI=1S/C19H29NO5/c1-14-13-20(9-7-19(14,22)8-10-23-2)18(21)11-15-5-6-16(24-3)12-17(15)25-4/h5-6,12,14,22H,7-11,13H2,1-4H3. The van der Waals surface area contributed by atoms with Crippen molar-refractivity contribution in [2.75, 3.05) is 41.0 Å². The number of benzene rings is 1. The molecule has 25 heavy (non-hydrogen) atoms. The van der Waals surface area contributed by atoms with Crippen molar-refractivity contribution in [3.05, 3.63) is 23.8 Å². The number of aliphatic hydroxyl groups is 1. The maximum absolute atomic E-state index is 12.7. The number of ether oxygens (including phenoxy) is 3. The number of carbonyl (C=O) groups excluding carboxylic acids is 1. The fourth-order valence-electron chi connectivity index (χ4n) is 3.32. The highest BCUT2D eigenvalue weighted by molar-refractivity contribution is 5.79. The lowest BCUT2D eigenvalue weighted by atomic mass is 9.79. The highest BCUT2D eigenvalue weighted by Gasteiger charge is 2.39. The third kappa shape index (κ3) is 4.64. The van der Waals surface area contributed by atoms with Crippen LogP contribution >= 0.6 is 0 Å². The van der Waals surface area contributed by atoms with Gasteiger partial charge < -0.3 is 24.2 Å². The zero-order chi connectivity index (χ0) is 18.4. The molecule has 1 N–H and O–H groups in total. The zero-order valence-corrected chi connectivity index (χ0v) is 15.6. The summed E-state index contributed by atoms with van der Waals surface area (Å²) in [6.45, 7) is 3.63. The second-order valence-electron chi connectivity index (χ2n) is 6.69. The number of amides is 1. The van der Waals surface area contributed by atoms with Gasteiger partial charge >= 0.3 is 0 Å². The first-order valence-electron chi connectivity index (χ1n) is 8.63. The van der Waals surface area contributed by atoms with Crippen molar-refractivity contribution in [1.29, 1.82) is 0 Å². The number of hydrogen-bond acceptors (Lipinski definition) is 5. The molecule has 1 aliphatic heterocycles. The van der Waals surface area contributed by atoms with E-state index in [2.05, 4.69) is 0 Å². The minimum Gasteiger partial charge on any atom is -0.497 e. The Labute approximate surface area is 149 Å². The van der Waals surface area contributed by atoms with Crippen LogP contribution in [0.15, 0.2) is 18.2 Å². The van der Waals surface area contributed by atoms with E-state index in [-0.39, 0.29) is 18.2 Å². The molecule has 0 bridgehead atoms. The monoisotopic (exact) mass is 351 g/mol. The van der Waals surface area contributed by atoms with Crippen LogP contribution in [-0.4, -0.2) is 62.5 Å². The van der Waals surface area contributed by atoms with Crippen LogP contribution in [0.3, 0.4) is 0 Å². The van der Waals surface area contributed by atoms with Crippen molar-refractivity contribution in [2.24, 2.45) is 5.92 Å². The van der Waals surface area contributed by atoms with Gasteiger partial charge in [-0.2, -0.15) is 0 Å². The summed E-state index contributed by atoms with van der Waals surface area (Å²) in [7, 11) is 4.82. The highest BCUT2D eigenvalue weighted by Crippen LogP contribution is 2.32. The number of rotatable bonds is 7. The largest absolute Gasteiger partial charge is 0.497 e. The molecule has 0 spiro atoms. The molecule has 0 saturated carbocycles. The Morgan fingerprint density at radius 2 is 2.08 bits per heavy atom. The van der Waals surface area contributed by atoms with Gasteiger partial charge in [-0.25, -0.2) is 0 Å². The van der Waals surface area contributed by atoms with Crippen molar-refractivity contribution < 1.29 is 24.1 Å². The maximum Gasteiger partial charge on any atom is 0.227 e. The Morgan fingerprint density at radius 1 is 1.32 bits per heavy atom. The van der Waals surface area contributed by atoms with E-state index in [9.17, 15) is 9.90 Å². The number of nitrogens with zero attached hydrogens (tertiary/aromatic N) is 1. The molecule has 1 saturated heterocycles. The molecule has 1 aliphatic rings. The predicted octanol–water partition coefficient (Wildman–Crippen LogP) is 1.88. The van der Waals surface area contributed by atoms with Crippen LogP contribution in [0.5, 0.6) is 11.5 Å². The first kappa shape index (κ1) is 19.5. The Bertz CT molecular complexity index is 591. The van der Waals surface area contributed by atoms with E-state index in [1.165, 1.54) is 0 Å².